The molecule has 2 aliphatic heterocycles. The zero-order valence-electron chi connectivity index (χ0n) is 25.0. The Bertz CT molecular complexity index is 1780. The molecule has 12 heteroatoms. The third kappa shape index (κ3) is 4.81. The summed E-state index contributed by atoms with van der Waals surface area (Å²) in [4.78, 5) is 22.9. The first-order valence-electron chi connectivity index (χ1n) is 14.2. The average Bonchev–Trinajstić information content (AvgIpc) is 3.50. The van der Waals surface area contributed by atoms with Crippen LogP contribution in [0.2, 0.25) is 0 Å². The minimum atomic E-state index is -0.662. The lowest BCUT2D eigenvalue weighted by Crippen LogP contribution is -2.73. The van der Waals surface area contributed by atoms with E-state index in [-0.39, 0.29) is 23.5 Å². The molecule has 3 aromatic heterocycles. The number of benzene rings is 1. The molecule has 4 aromatic rings. The number of anilines is 3. The molecule has 6 rings (SSSR count). The van der Waals surface area contributed by atoms with Crippen LogP contribution in [0.25, 0.3) is 16.8 Å². The van der Waals surface area contributed by atoms with E-state index in [2.05, 4.69) is 11.2 Å². The van der Waals surface area contributed by atoms with E-state index in [1.54, 1.807) is 30.1 Å². The number of carbonyl (C=O) groups excluding carboxylic acids is 1. The van der Waals surface area contributed by atoms with Gasteiger partial charge in [0.25, 0.3) is 0 Å². The van der Waals surface area contributed by atoms with Gasteiger partial charge in [0, 0.05) is 44.2 Å². The lowest BCUT2D eigenvalue weighted by molar-refractivity contribution is -0.0454. The number of nitriles is 1. The molecule has 2 fully saturated rings. The predicted molar refractivity (Wildman–Crippen MR) is 157 cm³/mol. The molecule has 0 unspecified atom stereocenters. The first kappa shape index (κ1) is 26.6. The number of nitrogens with zero attached hydrogens (tertiary/aromatic N) is 7. The molecular weight excluding hydrogens is 560 g/mol. The quantitative estimate of drug-likeness (QED) is 0.281. The van der Waals surface area contributed by atoms with E-state index in [1.807, 2.05) is 37.5 Å². The molecular formula is C30H31F2N7O2S. The number of aryl methyl sites for hydroxylation is 1. The van der Waals surface area contributed by atoms with Crippen molar-refractivity contribution >= 4 is 39.5 Å². The summed E-state index contributed by atoms with van der Waals surface area (Å²) >= 11 is 1.19. The van der Waals surface area contributed by atoms with Crippen LogP contribution in [0.15, 0.2) is 36.5 Å². The topological polar surface area (TPSA) is 90.0 Å². The molecule has 1 amide bonds. The van der Waals surface area contributed by atoms with Gasteiger partial charge in [-0.15, -0.1) is 0 Å². The lowest BCUT2D eigenvalue weighted by atomic mass is 9.73. The Balaban J connectivity index is 1.30. The number of likely N-dealkylation sites (tertiary alicyclic amines) is 1. The summed E-state index contributed by atoms with van der Waals surface area (Å²) in [5, 5.41) is 14.9. The Morgan fingerprint density at radius 3 is 2.55 bits per heavy atom. The maximum Gasteiger partial charge on any atom is 0.410 e. The Hall–Kier alpha value is -4.24. The Labute approximate surface area is 247 Å². The number of rotatable bonds is 5. The molecule has 2 saturated heterocycles. The number of fused-ring (bicyclic) bond motifs is 1. The summed E-state index contributed by atoms with van der Waals surface area (Å²) < 4.78 is 44.5. The standard InChI is InChI=1S/C30H31F2N7O2S/c1-6-21-26(36(5)27-34-25(24(12-33)42-27)18-7-9-19(31)10-8-18)23-11-22(20(32)13-39(23)35-21)37-14-30(15-37)16-38(17-30)28(40)41-29(2,3)4/h7-11,13H,6,14-17H2,1-5H3/i13D. The van der Waals surface area contributed by atoms with E-state index in [1.165, 1.54) is 28.0 Å². The SMILES string of the molecule is [2H]c1c(F)c(N2CC3(CN(C(=O)OC(C)(C)C)C3)C2)cc2c(N(C)c3nc(-c4ccc(F)cc4)c(C#N)s3)c(CC)nn12. The van der Waals surface area contributed by atoms with Crippen LogP contribution < -0.4 is 9.80 Å². The molecule has 5 heterocycles. The van der Waals surface area contributed by atoms with Gasteiger partial charge in [0.15, 0.2) is 10.9 Å². The van der Waals surface area contributed by atoms with E-state index in [0.717, 1.165) is 0 Å². The summed E-state index contributed by atoms with van der Waals surface area (Å²) in [6.45, 7) is 9.61. The van der Waals surface area contributed by atoms with Crippen LogP contribution in [0.4, 0.5) is 30.1 Å². The fourth-order valence-electron chi connectivity index (χ4n) is 5.64. The van der Waals surface area contributed by atoms with Crippen LogP contribution in [0, 0.1) is 28.4 Å². The van der Waals surface area contributed by atoms with Crippen LogP contribution in [-0.2, 0) is 11.2 Å². The number of hydrogen-bond donors (Lipinski definition) is 0. The van der Waals surface area contributed by atoms with Crippen LogP contribution in [0.3, 0.4) is 0 Å². The van der Waals surface area contributed by atoms with E-state index in [0.29, 0.717) is 76.5 Å². The number of carbonyl (C=O) groups is 1. The van der Waals surface area contributed by atoms with Crippen LogP contribution in [0.1, 0.15) is 39.6 Å². The minimum Gasteiger partial charge on any atom is -0.444 e. The van der Waals surface area contributed by atoms with Gasteiger partial charge in [0.1, 0.15) is 28.1 Å². The molecule has 0 radical (unpaired) electrons. The van der Waals surface area contributed by atoms with Crippen LogP contribution in [-0.4, -0.2) is 64.4 Å². The third-order valence-corrected chi connectivity index (χ3v) is 8.59. The van der Waals surface area contributed by atoms with Crippen LogP contribution >= 0.6 is 11.3 Å². The van der Waals surface area contributed by atoms with Gasteiger partial charge in [-0.25, -0.2) is 23.1 Å². The summed E-state index contributed by atoms with van der Waals surface area (Å²) in [5.74, 6) is -1.04. The van der Waals surface area contributed by atoms with E-state index in [4.69, 9.17) is 11.1 Å². The number of thiazole rings is 1. The van der Waals surface area contributed by atoms with Gasteiger partial charge in [-0.3, -0.25) is 0 Å². The summed E-state index contributed by atoms with van der Waals surface area (Å²) in [5.41, 5.74) is 2.53. The van der Waals surface area contributed by atoms with Crippen LogP contribution in [0.5, 0.6) is 0 Å². The van der Waals surface area contributed by atoms with Crippen molar-refractivity contribution in [2.75, 3.05) is 43.0 Å². The van der Waals surface area contributed by atoms with Gasteiger partial charge in [0.05, 0.1) is 30.1 Å². The molecule has 0 atom stereocenters. The van der Waals surface area contributed by atoms with Gasteiger partial charge in [0.2, 0.25) is 0 Å². The number of amides is 1. The highest BCUT2D eigenvalue weighted by atomic mass is 32.1. The molecule has 0 N–H and O–H groups in total. The zero-order chi connectivity index (χ0) is 30.8. The van der Waals surface area contributed by atoms with E-state index in [9.17, 15) is 14.4 Å². The Morgan fingerprint density at radius 2 is 1.93 bits per heavy atom. The van der Waals surface area contributed by atoms with Gasteiger partial charge in [-0.1, -0.05) is 18.3 Å². The maximum absolute atomic E-state index is 15.6. The second-order valence-corrected chi connectivity index (χ2v) is 12.9. The molecule has 218 valence electrons. The average molecular weight is 593 g/mol. The Morgan fingerprint density at radius 1 is 1.24 bits per heavy atom. The highest BCUT2D eigenvalue weighted by molar-refractivity contribution is 7.16. The molecule has 1 spiro atoms. The summed E-state index contributed by atoms with van der Waals surface area (Å²) in [7, 11) is 1.80. The highest BCUT2D eigenvalue weighted by Gasteiger charge is 2.54. The zero-order valence-corrected chi connectivity index (χ0v) is 24.8. The van der Waals surface area contributed by atoms with Crippen molar-refractivity contribution in [3.05, 3.63) is 58.7 Å². The van der Waals surface area contributed by atoms with E-state index < -0.39 is 11.4 Å². The monoisotopic (exact) mass is 592 g/mol. The van der Waals surface area contributed by atoms with Crippen molar-refractivity contribution in [3.63, 3.8) is 0 Å². The van der Waals surface area contributed by atoms with Crippen molar-refractivity contribution in [2.24, 2.45) is 5.41 Å². The largest absolute Gasteiger partial charge is 0.444 e. The molecule has 2 aliphatic rings. The van der Waals surface area contributed by atoms with Crippen molar-refractivity contribution in [1.82, 2.24) is 19.5 Å². The van der Waals surface area contributed by atoms with Gasteiger partial charge >= 0.3 is 6.09 Å². The van der Waals surface area contributed by atoms with Gasteiger partial charge in [-0.05, 0) is 57.5 Å². The number of halogens is 2. The normalized spacial score (nSPS) is 16.2. The van der Waals surface area contributed by atoms with Crippen molar-refractivity contribution in [3.8, 4) is 17.3 Å². The fraction of sp³-hybridized carbons (Fsp3) is 0.400. The van der Waals surface area contributed by atoms with Gasteiger partial charge < -0.3 is 19.4 Å². The minimum absolute atomic E-state index is 0.128. The molecule has 0 saturated carbocycles. The summed E-state index contributed by atoms with van der Waals surface area (Å²) in [6.07, 6.45) is -0.177. The lowest BCUT2D eigenvalue weighted by Gasteiger charge is -2.60. The molecule has 0 bridgehead atoms. The number of pyridine rings is 1. The van der Waals surface area contributed by atoms with Gasteiger partial charge in [-0.2, -0.15) is 10.4 Å². The maximum atomic E-state index is 15.6. The highest BCUT2D eigenvalue weighted by Crippen LogP contribution is 2.45. The third-order valence-electron chi connectivity index (χ3n) is 7.56. The fourth-order valence-corrected chi connectivity index (χ4v) is 6.50. The second kappa shape index (κ2) is 9.94. The van der Waals surface area contributed by atoms with Crippen molar-refractivity contribution in [2.45, 2.75) is 39.7 Å². The number of hydrogen-bond acceptors (Lipinski definition) is 8. The predicted octanol–water partition coefficient (Wildman–Crippen LogP) is 6.00. The number of ether oxygens (including phenoxy) is 1. The van der Waals surface area contributed by atoms with Crippen molar-refractivity contribution in [1.29, 1.82) is 5.26 Å². The van der Waals surface area contributed by atoms with E-state index >= 15 is 4.39 Å². The molecule has 9 nitrogen and oxygen atoms in total. The summed E-state index contributed by atoms with van der Waals surface area (Å²) in [6, 6.07) is 9.71. The first-order chi connectivity index (χ1) is 20.3. The second-order valence-electron chi connectivity index (χ2n) is 11.9. The molecule has 1 aromatic carbocycles. The smallest absolute Gasteiger partial charge is 0.410 e. The molecule has 0 aliphatic carbocycles. The van der Waals surface area contributed by atoms with Crippen molar-refractivity contribution < 1.29 is 19.7 Å². The molecule has 42 heavy (non-hydrogen) atoms. The Kier molecular flexibility index (Phi) is 6.31. The number of aromatic nitrogens is 3. The first-order valence-corrected chi connectivity index (χ1v) is 14.5.